The van der Waals surface area contributed by atoms with Crippen LogP contribution in [0.3, 0.4) is 0 Å². The highest BCUT2D eigenvalue weighted by molar-refractivity contribution is 6.36. The van der Waals surface area contributed by atoms with Crippen molar-refractivity contribution in [2.24, 2.45) is 5.73 Å². The van der Waals surface area contributed by atoms with E-state index >= 15 is 0 Å². The summed E-state index contributed by atoms with van der Waals surface area (Å²) < 4.78 is 11.0. The van der Waals surface area contributed by atoms with Gasteiger partial charge < -0.3 is 36.1 Å². The van der Waals surface area contributed by atoms with Crippen LogP contribution in [-0.2, 0) is 14.4 Å². The van der Waals surface area contributed by atoms with Gasteiger partial charge in [0.1, 0.15) is 5.84 Å². The third kappa shape index (κ3) is 5.88. The predicted octanol–water partition coefficient (Wildman–Crippen LogP) is 2.03. The number of benzene rings is 2. The molecule has 0 saturated heterocycles. The minimum absolute atomic E-state index is 0.0506. The summed E-state index contributed by atoms with van der Waals surface area (Å²) in [6, 6.07) is 7.47. The van der Waals surface area contributed by atoms with Gasteiger partial charge in [0.25, 0.3) is 0 Å². The first-order chi connectivity index (χ1) is 15.2. The average Bonchev–Trinajstić information content (AvgIpc) is 2.74. The third-order valence-corrected chi connectivity index (χ3v) is 4.22. The van der Waals surface area contributed by atoms with E-state index in [4.69, 9.17) is 25.7 Å². The molecule has 1 atom stereocenters. The van der Waals surface area contributed by atoms with Crippen molar-refractivity contribution in [3.05, 3.63) is 47.5 Å². The van der Waals surface area contributed by atoms with Gasteiger partial charge in [-0.25, -0.2) is 9.59 Å². The number of nitrogen functional groups attached to an aromatic ring is 1. The molecule has 0 fully saturated rings. The van der Waals surface area contributed by atoms with Crippen LogP contribution in [0.25, 0.3) is 0 Å². The second-order valence-electron chi connectivity index (χ2n) is 6.42. The zero-order chi connectivity index (χ0) is 23.8. The van der Waals surface area contributed by atoms with E-state index in [0.717, 1.165) is 0 Å². The summed E-state index contributed by atoms with van der Waals surface area (Å²) in [6.07, 6.45) is 0. The number of hydrogen-bond acceptors (Lipinski definition) is 7. The van der Waals surface area contributed by atoms with E-state index in [0.29, 0.717) is 11.3 Å². The standard InChI is InChI=1S/C21H24N4O7/c1-3-31-15-9-13(14(10-16(15)32-4-2)25-19(26)21(29)30)17(20(27)28)24-12-7-5-11(6-8-12)18(22)23/h5-10,17,24H,3-4H2,1-2H3,(H3,22,23)(H,25,26)(H,27,28)(H,29,30). The van der Waals surface area contributed by atoms with Gasteiger partial charge in [-0.15, -0.1) is 0 Å². The van der Waals surface area contributed by atoms with Gasteiger partial charge in [-0.2, -0.15) is 0 Å². The minimum atomic E-state index is -1.73. The fourth-order valence-electron chi connectivity index (χ4n) is 2.82. The van der Waals surface area contributed by atoms with Gasteiger partial charge in [-0.3, -0.25) is 10.2 Å². The fourth-order valence-corrected chi connectivity index (χ4v) is 2.82. The summed E-state index contributed by atoms with van der Waals surface area (Å²) in [4.78, 5) is 35.0. The predicted molar refractivity (Wildman–Crippen MR) is 117 cm³/mol. The average molecular weight is 444 g/mol. The molecule has 11 nitrogen and oxygen atoms in total. The maximum absolute atomic E-state index is 12.1. The monoisotopic (exact) mass is 444 g/mol. The maximum atomic E-state index is 12.1. The zero-order valence-corrected chi connectivity index (χ0v) is 17.5. The van der Waals surface area contributed by atoms with Crippen molar-refractivity contribution in [1.29, 1.82) is 5.41 Å². The van der Waals surface area contributed by atoms with Crippen LogP contribution in [-0.4, -0.2) is 47.1 Å². The van der Waals surface area contributed by atoms with Crippen molar-refractivity contribution in [3.8, 4) is 11.5 Å². The number of nitrogens with two attached hydrogens (primary N) is 1. The van der Waals surface area contributed by atoms with Gasteiger partial charge in [0, 0.05) is 22.9 Å². The van der Waals surface area contributed by atoms with Crippen LogP contribution in [0.2, 0.25) is 0 Å². The first kappa shape index (κ1) is 24.0. The van der Waals surface area contributed by atoms with E-state index in [-0.39, 0.29) is 41.8 Å². The second-order valence-corrected chi connectivity index (χ2v) is 6.42. The molecule has 0 aliphatic rings. The van der Waals surface area contributed by atoms with E-state index in [1.807, 2.05) is 0 Å². The topological polar surface area (TPSA) is 184 Å². The highest BCUT2D eigenvalue weighted by Gasteiger charge is 2.27. The largest absolute Gasteiger partial charge is 0.490 e. The highest BCUT2D eigenvalue weighted by Crippen LogP contribution is 2.38. The SMILES string of the molecule is CCOc1cc(NC(=O)C(=O)O)c(C(Nc2ccc(C(=N)N)cc2)C(=O)O)cc1OCC. The number of carboxylic acids is 2. The van der Waals surface area contributed by atoms with Gasteiger partial charge >= 0.3 is 17.8 Å². The lowest BCUT2D eigenvalue weighted by Gasteiger charge is -2.22. The molecule has 0 heterocycles. The molecule has 0 aliphatic heterocycles. The molecule has 0 aromatic heterocycles. The van der Waals surface area contributed by atoms with E-state index in [1.54, 1.807) is 38.1 Å². The van der Waals surface area contributed by atoms with E-state index in [1.165, 1.54) is 12.1 Å². The molecule has 0 aliphatic carbocycles. The van der Waals surface area contributed by atoms with E-state index in [2.05, 4.69) is 10.6 Å². The maximum Gasteiger partial charge on any atom is 0.394 e. The Labute approximate surface area is 183 Å². The molecule has 0 saturated carbocycles. The van der Waals surface area contributed by atoms with Crippen LogP contribution in [0.4, 0.5) is 11.4 Å². The lowest BCUT2D eigenvalue weighted by molar-refractivity contribution is -0.147. The summed E-state index contributed by atoms with van der Waals surface area (Å²) in [5, 5.41) is 31.3. The molecule has 2 aromatic rings. The molecule has 170 valence electrons. The van der Waals surface area contributed by atoms with Crippen LogP contribution >= 0.6 is 0 Å². The number of ether oxygens (including phenoxy) is 2. The molecular formula is C21H24N4O7. The molecule has 32 heavy (non-hydrogen) atoms. The lowest BCUT2D eigenvalue weighted by atomic mass is 10.0. The Bertz CT molecular complexity index is 1020. The molecule has 11 heteroatoms. The number of amides is 1. The highest BCUT2D eigenvalue weighted by atomic mass is 16.5. The number of amidine groups is 1. The molecule has 0 bridgehead atoms. The minimum Gasteiger partial charge on any atom is -0.490 e. The Morgan fingerprint density at radius 2 is 1.59 bits per heavy atom. The Morgan fingerprint density at radius 3 is 2.06 bits per heavy atom. The molecule has 7 N–H and O–H groups in total. The van der Waals surface area contributed by atoms with Gasteiger partial charge in [0.2, 0.25) is 0 Å². The number of carbonyl (C=O) groups excluding carboxylic acids is 1. The van der Waals surface area contributed by atoms with Crippen LogP contribution < -0.4 is 25.8 Å². The fraction of sp³-hybridized carbons (Fsp3) is 0.238. The number of aliphatic carboxylic acids is 2. The molecule has 1 amide bonds. The molecule has 1 unspecified atom stereocenters. The number of rotatable bonds is 10. The van der Waals surface area contributed by atoms with Crippen molar-refractivity contribution in [1.82, 2.24) is 0 Å². The second kappa shape index (κ2) is 10.7. The summed E-state index contributed by atoms with van der Waals surface area (Å²) in [5.41, 5.74) is 6.27. The number of carboxylic acid groups (broad SMARTS) is 2. The van der Waals surface area contributed by atoms with Gasteiger partial charge in [0.15, 0.2) is 17.5 Å². The van der Waals surface area contributed by atoms with Crippen molar-refractivity contribution < 1.29 is 34.1 Å². The molecule has 2 aromatic carbocycles. The van der Waals surface area contributed by atoms with Crippen molar-refractivity contribution in [2.75, 3.05) is 23.8 Å². The number of hydrogen-bond donors (Lipinski definition) is 6. The normalized spacial score (nSPS) is 11.2. The van der Waals surface area contributed by atoms with E-state index < -0.39 is 23.9 Å². The number of anilines is 2. The Kier molecular flexibility index (Phi) is 7.99. The van der Waals surface area contributed by atoms with Crippen molar-refractivity contribution in [3.63, 3.8) is 0 Å². The molecular weight excluding hydrogens is 420 g/mol. The third-order valence-electron chi connectivity index (χ3n) is 4.22. The molecule has 0 radical (unpaired) electrons. The van der Waals surface area contributed by atoms with Gasteiger partial charge in [0.05, 0.1) is 18.9 Å². The van der Waals surface area contributed by atoms with Crippen LogP contribution in [0.5, 0.6) is 11.5 Å². The smallest absolute Gasteiger partial charge is 0.394 e. The van der Waals surface area contributed by atoms with Crippen LogP contribution in [0.1, 0.15) is 31.0 Å². The Morgan fingerprint density at radius 1 is 1.03 bits per heavy atom. The Hall–Kier alpha value is -4.28. The first-order valence-corrected chi connectivity index (χ1v) is 9.59. The van der Waals surface area contributed by atoms with Crippen LogP contribution in [0.15, 0.2) is 36.4 Å². The summed E-state index contributed by atoms with van der Waals surface area (Å²) in [6.45, 7) is 3.98. The van der Waals surface area contributed by atoms with Crippen molar-refractivity contribution >= 4 is 35.1 Å². The first-order valence-electron chi connectivity index (χ1n) is 9.59. The zero-order valence-electron chi connectivity index (χ0n) is 17.5. The quantitative estimate of drug-likeness (QED) is 0.181. The molecule has 0 spiro atoms. The number of nitrogens with one attached hydrogen (secondary N) is 3. The van der Waals surface area contributed by atoms with Crippen LogP contribution in [0, 0.1) is 5.41 Å². The van der Waals surface area contributed by atoms with E-state index in [9.17, 15) is 19.5 Å². The van der Waals surface area contributed by atoms with Gasteiger partial charge in [-0.1, -0.05) is 0 Å². The van der Waals surface area contributed by atoms with Crippen molar-refractivity contribution in [2.45, 2.75) is 19.9 Å². The molecule has 2 rings (SSSR count). The summed E-state index contributed by atoms with van der Waals surface area (Å²) >= 11 is 0. The number of carbonyl (C=O) groups is 3. The Balaban J connectivity index is 2.57. The summed E-state index contributed by atoms with van der Waals surface area (Å²) in [7, 11) is 0. The lowest BCUT2D eigenvalue weighted by Crippen LogP contribution is -2.26. The summed E-state index contributed by atoms with van der Waals surface area (Å²) in [5.74, 6) is -4.06. The van der Waals surface area contributed by atoms with Gasteiger partial charge in [-0.05, 0) is 44.2 Å².